The zero-order valence-electron chi connectivity index (χ0n) is 9.38. The van der Waals surface area contributed by atoms with E-state index in [2.05, 4.69) is 6.07 Å². The number of unbranched alkanes of at least 4 members (excludes halogenated alkanes) is 1. The fraction of sp³-hybridized carbons (Fsp3) is 0.917. The van der Waals surface area contributed by atoms with E-state index in [-0.39, 0.29) is 11.8 Å². The zero-order valence-corrected chi connectivity index (χ0v) is 10.1. The summed E-state index contributed by atoms with van der Waals surface area (Å²) in [6.07, 6.45) is 5.67. The van der Waals surface area contributed by atoms with E-state index in [0.29, 0.717) is 5.88 Å². The highest BCUT2D eigenvalue weighted by atomic mass is 35.5. The van der Waals surface area contributed by atoms with Gasteiger partial charge in [0.2, 0.25) is 0 Å². The van der Waals surface area contributed by atoms with Crippen molar-refractivity contribution in [2.24, 2.45) is 11.8 Å². The normalized spacial score (nSPS) is 36.1. The first-order chi connectivity index (χ1) is 7.11. The molecule has 1 aliphatic rings. The van der Waals surface area contributed by atoms with E-state index in [1.54, 1.807) is 0 Å². The third-order valence-electron chi connectivity index (χ3n) is 3.55. The number of hydrogen-bond donors (Lipinski definition) is 1. The van der Waals surface area contributed by atoms with Gasteiger partial charge in [0, 0.05) is 11.8 Å². The molecule has 1 aliphatic carbocycles. The van der Waals surface area contributed by atoms with Gasteiger partial charge in [-0.05, 0) is 39.0 Å². The highest BCUT2D eigenvalue weighted by molar-refractivity contribution is 6.17. The smallest absolute Gasteiger partial charge is 0.0660 e. The van der Waals surface area contributed by atoms with Gasteiger partial charge in [-0.15, -0.1) is 11.6 Å². The van der Waals surface area contributed by atoms with Crippen LogP contribution in [0.25, 0.3) is 0 Å². The Labute approximate surface area is 97.2 Å². The number of aliphatic hydroxyl groups is 1. The van der Waals surface area contributed by atoms with E-state index in [1.807, 2.05) is 6.92 Å². The van der Waals surface area contributed by atoms with Crippen molar-refractivity contribution in [3.8, 4) is 6.07 Å². The lowest BCUT2D eigenvalue weighted by Crippen LogP contribution is -2.42. The van der Waals surface area contributed by atoms with E-state index in [9.17, 15) is 5.11 Å². The molecule has 15 heavy (non-hydrogen) atoms. The third kappa shape index (κ3) is 3.36. The number of rotatable bonds is 4. The van der Waals surface area contributed by atoms with Crippen LogP contribution in [0.3, 0.4) is 0 Å². The fourth-order valence-corrected chi connectivity index (χ4v) is 2.81. The fourth-order valence-electron chi connectivity index (χ4n) is 2.63. The monoisotopic (exact) mass is 229 g/mol. The van der Waals surface area contributed by atoms with Crippen LogP contribution in [-0.2, 0) is 0 Å². The Morgan fingerprint density at radius 3 is 2.87 bits per heavy atom. The number of alkyl halides is 1. The minimum Gasteiger partial charge on any atom is -0.390 e. The van der Waals surface area contributed by atoms with Crippen molar-refractivity contribution >= 4 is 11.6 Å². The maximum Gasteiger partial charge on any atom is 0.0660 e. The molecule has 0 saturated heterocycles. The van der Waals surface area contributed by atoms with Crippen molar-refractivity contribution < 1.29 is 5.11 Å². The van der Waals surface area contributed by atoms with Crippen molar-refractivity contribution in [2.45, 2.75) is 51.0 Å². The van der Waals surface area contributed by atoms with Gasteiger partial charge in [-0.2, -0.15) is 5.26 Å². The van der Waals surface area contributed by atoms with Crippen LogP contribution in [-0.4, -0.2) is 16.6 Å². The summed E-state index contributed by atoms with van der Waals surface area (Å²) >= 11 is 5.63. The number of nitrogens with zero attached hydrogens (tertiary/aromatic N) is 1. The van der Waals surface area contributed by atoms with Crippen molar-refractivity contribution in [1.29, 1.82) is 5.26 Å². The predicted molar refractivity (Wildman–Crippen MR) is 61.6 cm³/mol. The Balaban J connectivity index is 2.56. The lowest BCUT2D eigenvalue weighted by atomic mass is 9.68. The SMILES string of the molecule is C[C@@]1(O)CCC[C@@H](C#N)[C@@H]1CCCCCl. The van der Waals surface area contributed by atoms with Crippen LogP contribution in [0, 0.1) is 23.2 Å². The van der Waals surface area contributed by atoms with Gasteiger partial charge in [-0.1, -0.05) is 6.42 Å². The van der Waals surface area contributed by atoms with Gasteiger partial charge in [0.1, 0.15) is 0 Å². The third-order valence-corrected chi connectivity index (χ3v) is 3.81. The second kappa shape index (κ2) is 5.72. The minimum atomic E-state index is -0.648. The summed E-state index contributed by atoms with van der Waals surface area (Å²) in [6.45, 7) is 1.88. The molecule has 3 atom stereocenters. The largest absolute Gasteiger partial charge is 0.390 e. The Morgan fingerprint density at radius 1 is 1.53 bits per heavy atom. The van der Waals surface area contributed by atoms with Crippen molar-refractivity contribution in [2.75, 3.05) is 5.88 Å². The van der Waals surface area contributed by atoms with Crippen LogP contribution >= 0.6 is 11.6 Å². The van der Waals surface area contributed by atoms with E-state index >= 15 is 0 Å². The summed E-state index contributed by atoms with van der Waals surface area (Å²) in [6, 6.07) is 2.34. The van der Waals surface area contributed by atoms with Crippen LogP contribution in [0.2, 0.25) is 0 Å². The molecule has 1 rings (SSSR count). The number of hydrogen-bond acceptors (Lipinski definition) is 2. The van der Waals surface area contributed by atoms with Crippen LogP contribution in [0.15, 0.2) is 0 Å². The second-order valence-electron chi connectivity index (χ2n) is 4.78. The molecular formula is C12H20ClNO. The lowest BCUT2D eigenvalue weighted by Gasteiger charge is -2.40. The Bertz CT molecular complexity index is 234. The van der Waals surface area contributed by atoms with Gasteiger partial charge in [0.25, 0.3) is 0 Å². The van der Waals surface area contributed by atoms with E-state index in [1.165, 1.54) is 0 Å². The molecule has 0 spiro atoms. The van der Waals surface area contributed by atoms with E-state index in [4.69, 9.17) is 16.9 Å². The molecular weight excluding hydrogens is 210 g/mol. The maximum absolute atomic E-state index is 10.3. The van der Waals surface area contributed by atoms with Gasteiger partial charge in [-0.3, -0.25) is 0 Å². The molecule has 0 aliphatic heterocycles. The minimum absolute atomic E-state index is 0.0316. The Kier molecular flexibility index (Phi) is 4.89. The summed E-state index contributed by atoms with van der Waals surface area (Å²) in [7, 11) is 0. The summed E-state index contributed by atoms with van der Waals surface area (Å²) in [5, 5.41) is 19.3. The molecule has 0 aromatic rings. The lowest BCUT2D eigenvalue weighted by molar-refractivity contribution is -0.0515. The van der Waals surface area contributed by atoms with Gasteiger partial charge >= 0.3 is 0 Å². The van der Waals surface area contributed by atoms with Gasteiger partial charge in [-0.25, -0.2) is 0 Å². The summed E-state index contributed by atoms with van der Waals surface area (Å²) in [5.41, 5.74) is -0.648. The average Bonchev–Trinajstić information content (AvgIpc) is 2.20. The molecule has 0 aromatic carbocycles. The van der Waals surface area contributed by atoms with E-state index in [0.717, 1.165) is 38.5 Å². The second-order valence-corrected chi connectivity index (χ2v) is 5.15. The van der Waals surface area contributed by atoms with Crippen LogP contribution in [0.1, 0.15) is 45.4 Å². The highest BCUT2D eigenvalue weighted by Crippen LogP contribution is 2.40. The predicted octanol–water partition coefficient (Wildman–Crippen LogP) is 3.09. The molecule has 0 amide bonds. The first kappa shape index (κ1) is 12.8. The van der Waals surface area contributed by atoms with Crippen molar-refractivity contribution in [1.82, 2.24) is 0 Å². The molecule has 0 radical (unpaired) electrons. The molecule has 1 fully saturated rings. The molecule has 0 heterocycles. The molecule has 0 bridgehead atoms. The zero-order chi connectivity index (χ0) is 11.3. The first-order valence-corrected chi connectivity index (χ1v) is 6.33. The van der Waals surface area contributed by atoms with Gasteiger partial charge in [0.15, 0.2) is 0 Å². The molecule has 1 saturated carbocycles. The highest BCUT2D eigenvalue weighted by Gasteiger charge is 2.40. The summed E-state index contributed by atoms with van der Waals surface area (Å²) in [4.78, 5) is 0. The Morgan fingerprint density at radius 2 is 2.27 bits per heavy atom. The molecule has 3 heteroatoms. The number of halogens is 1. The van der Waals surface area contributed by atoms with Crippen molar-refractivity contribution in [3.63, 3.8) is 0 Å². The summed E-state index contributed by atoms with van der Waals surface area (Å²) in [5.74, 6) is 0.843. The van der Waals surface area contributed by atoms with Crippen LogP contribution < -0.4 is 0 Å². The molecule has 0 aromatic heterocycles. The van der Waals surface area contributed by atoms with E-state index < -0.39 is 5.60 Å². The quantitative estimate of drug-likeness (QED) is 0.595. The maximum atomic E-state index is 10.3. The van der Waals surface area contributed by atoms with Crippen LogP contribution in [0.5, 0.6) is 0 Å². The first-order valence-electron chi connectivity index (χ1n) is 5.80. The van der Waals surface area contributed by atoms with Crippen molar-refractivity contribution in [3.05, 3.63) is 0 Å². The topological polar surface area (TPSA) is 44.0 Å². The van der Waals surface area contributed by atoms with Gasteiger partial charge < -0.3 is 5.11 Å². The van der Waals surface area contributed by atoms with Crippen LogP contribution in [0.4, 0.5) is 0 Å². The average molecular weight is 230 g/mol. The molecule has 1 N–H and O–H groups in total. The molecule has 86 valence electrons. The Hall–Kier alpha value is -0.260. The molecule has 2 nitrogen and oxygen atoms in total. The molecule has 0 unspecified atom stereocenters. The standard InChI is InChI=1S/C12H20ClNO/c1-12(15)7-4-5-10(9-14)11(12)6-2-3-8-13/h10-11,15H,2-8H2,1H3/t10-,11-,12+/m0/s1. The number of nitriles is 1. The van der Waals surface area contributed by atoms with Gasteiger partial charge in [0.05, 0.1) is 17.6 Å². The summed E-state index contributed by atoms with van der Waals surface area (Å²) < 4.78 is 0.